The predicted molar refractivity (Wildman–Crippen MR) is 63.5 cm³/mol. The van der Waals surface area contributed by atoms with E-state index in [-0.39, 0.29) is 24.7 Å². The van der Waals surface area contributed by atoms with Gasteiger partial charge in [0, 0.05) is 13.0 Å². The van der Waals surface area contributed by atoms with Gasteiger partial charge < -0.3 is 14.8 Å². The Morgan fingerprint density at radius 2 is 2.05 bits per heavy atom. The Morgan fingerprint density at radius 1 is 1.32 bits per heavy atom. The first-order valence-electron chi connectivity index (χ1n) is 5.80. The van der Waals surface area contributed by atoms with Crippen molar-refractivity contribution in [2.24, 2.45) is 0 Å². The number of alkyl halides is 3. The van der Waals surface area contributed by atoms with Crippen molar-refractivity contribution in [2.45, 2.75) is 25.9 Å². The summed E-state index contributed by atoms with van der Waals surface area (Å²) in [5.41, 5.74) is 0. The van der Waals surface area contributed by atoms with Crippen molar-refractivity contribution >= 4 is 5.82 Å². The van der Waals surface area contributed by atoms with Gasteiger partial charge in [0.05, 0.1) is 13.7 Å². The van der Waals surface area contributed by atoms with Crippen LogP contribution in [0.25, 0.3) is 0 Å². The molecule has 0 atom stereocenters. The molecule has 5 nitrogen and oxygen atoms in total. The van der Waals surface area contributed by atoms with Gasteiger partial charge in [-0.25, -0.2) is 4.98 Å². The SMILES string of the molecule is CCNc1ncnc(OCCCC(F)(F)F)c1OC. The highest BCUT2D eigenvalue weighted by molar-refractivity contribution is 5.54. The third kappa shape index (κ3) is 5.19. The molecule has 0 saturated carbocycles. The lowest BCUT2D eigenvalue weighted by atomic mass is 10.3. The predicted octanol–water partition coefficient (Wildman–Crippen LogP) is 2.64. The molecule has 0 radical (unpaired) electrons. The van der Waals surface area contributed by atoms with Gasteiger partial charge in [0.25, 0.3) is 5.88 Å². The Balaban J connectivity index is 2.60. The Bertz CT molecular complexity index is 399. The largest absolute Gasteiger partial charge is 0.489 e. The summed E-state index contributed by atoms with van der Waals surface area (Å²) in [6.45, 7) is 2.42. The number of nitrogens with zero attached hydrogens (tertiary/aromatic N) is 2. The molecule has 1 aromatic heterocycles. The number of anilines is 1. The normalized spacial score (nSPS) is 11.2. The van der Waals surface area contributed by atoms with Crippen LogP contribution in [0.3, 0.4) is 0 Å². The first-order valence-corrected chi connectivity index (χ1v) is 5.80. The van der Waals surface area contributed by atoms with Crippen molar-refractivity contribution in [1.82, 2.24) is 9.97 Å². The van der Waals surface area contributed by atoms with Crippen LogP contribution in [0.1, 0.15) is 19.8 Å². The molecule has 0 fully saturated rings. The fourth-order valence-electron chi connectivity index (χ4n) is 1.38. The number of aromatic nitrogens is 2. The van der Waals surface area contributed by atoms with Gasteiger partial charge >= 0.3 is 6.18 Å². The second-order valence-corrected chi connectivity index (χ2v) is 3.66. The molecule has 0 aliphatic heterocycles. The number of halogens is 3. The zero-order valence-electron chi connectivity index (χ0n) is 10.8. The maximum absolute atomic E-state index is 12.0. The highest BCUT2D eigenvalue weighted by Gasteiger charge is 2.26. The lowest BCUT2D eigenvalue weighted by Crippen LogP contribution is -2.11. The molecule has 1 rings (SSSR count). The molecule has 0 saturated heterocycles. The van der Waals surface area contributed by atoms with Gasteiger partial charge in [-0.05, 0) is 13.3 Å². The fourth-order valence-corrected chi connectivity index (χ4v) is 1.38. The molecule has 0 aliphatic rings. The summed E-state index contributed by atoms with van der Waals surface area (Å²) in [4.78, 5) is 7.81. The topological polar surface area (TPSA) is 56.3 Å². The van der Waals surface area contributed by atoms with Crippen molar-refractivity contribution < 1.29 is 22.6 Å². The van der Waals surface area contributed by atoms with Crippen LogP contribution in [0, 0.1) is 0 Å². The Labute approximate surface area is 109 Å². The van der Waals surface area contributed by atoms with Gasteiger partial charge in [0.2, 0.25) is 5.75 Å². The summed E-state index contributed by atoms with van der Waals surface area (Å²) < 4.78 is 46.2. The van der Waals surface area contributed by atoms with E-state index in [1.165, 1.54) is 13.4 Å². The van der Waals surface area contributed by atoms with Crippen molar-refractivity contribution in [3.05, 3.63) is 6.33 Å². The molecule has 0 amide bonds. The third-order valence-electron chi connectivity index (χ3n) is 2.16. The van der Waals surface area contributed by atoms with Crippen molar-refractivity contribution in [3.63, 3.8) is 0 Å². The smallest absolute Gasteiger partial charge is 0.389 e. The van der Waals surface area contributed by atoms with E-state index in [0.29, 0.717) is 12.4 Å². The van der Waals surface area contributed by atoms with Gasteiger partial charge in [0.15, 0.2) is 5.82 Å². The van der Waals surface area contributed by atoms with Gasteiger partial charge in [0.1, 0.15) is 6.33 Å². The Morgan fingerprint density at radius 3 is 2.63 bits per heavy atom. The van der Waals surface area contributed by atoms with Crippen LogP contribution >= 0.6 is 0 Å². The van der Waals surface area contributed by atoms with E-state index in [4.69, 9.17) is 9.47 Å². The van der Waals surface area contributed by atoms with E-state index in [9.17, 15) is 13.2 Å². The average Bonchev–Trinajstić information content (AvgIpc) is 2.34. The summed E-state index contributed by atoms with van der Waals surface area (Å²) in [7, 11) is 1.42. The van der Waals surface area contributed by atoms with Crippen LogP contribution in [0.2, 0.25) is 0 Å². The Hall–Kier alpha value is -1.73. The molecular weight excluding hydrogens is 263 g/mol. The highest BCUT2D eigenvalue weighted by Crippen LogP contribution is 2.31. The minimum atomic E-state index is -4.17. The molecule has 0 bridgehead atoms. The van der Waals surface area contributed by atoms with Gasteiger partial charge in [-0.2, -0.15) is 18.2 Å². The van der Waals surface area contributed by atoms with Crippen LogP contribution < -0.4 is 14.8 Å². The minimum absolute atomic E-state index is 0.0849. The summed E-state index contributed by atoms with van der Waals surface area (Å²) in [5.74, 6) is 0.873. The lowest BCUT2D eigenvalue weighted by Gasteiger charge is -2.13. The third-order valence-corrected chi connectivity index (χ3v) is 2.16. The molecule has 1 heterocycles. The second-order valence-electron chi connectivity index (χ2n) is 3.66. The molecule has 108 valence electrons. The van der Waals surface area contributed by atoms with Crippen LogP contribution in [0.15, 0.2) is 6.33 Å². The molecular formula is C11H16F3N3O2. The minimum Gasteiger partial charge on any atom is -0.489 e. The van der Waals surface area contributed by atoms with E-state index in [1.54, 1.807) is 0 Å². The summed E-state index contributed by atoms with van der Waals surface area (Å²) >= 11 is 0. The summed E-state index contributed by atoms with van der Waals surface area (Å²) in [6, 6.07) is 0. The number of ether oxygens (including phenoxy) is 2. The zero-order chi connectivity index (χ0) is 14.3. The van der Waals surface area contributed by atoms with E-state index in [2.05, 4.69) is 15.3 Å². The molecule has 0 unspecified atom stereocenters. The number of nitrogens with one attached hydrogen (secondary N) is 1. The van der Waals surface area contributed by atoms with Crippen molar-refractivity contribution in [1.29, 1.82) is 0 Å². The van der Waals surface area contributed by atoms with E-state index >= 15 is 0 Å². The van der Waals surface area contributed by atoms with Gasteiger partial charge in [-0.1, -0.05) is 0 Å². The van der Waals surface area contributed by atoms with Gasteiger partial charge in [-0.15, -0.1) is 0 Å². The maximum Gasteiger partial charge on any atom is 0.389 e. The Kier molecular flexibility index (Phi) is 5.65. The van der Waals surface area contributed by atoms with E-state index in [1.807, 2.05) is 6.92 Å². The zero-order valence-corrected chi connectivity index (χ0v) is 10.8. The van der Waals surface area contributed by atoms with E-state index in [0.717, 1.165) is 0 Å². The molecule has 19 heavy (non-hydrogen) atoms. The fraction of sp³-hybridized carbons (Fsp3) is 0.636. The maximum atomic E-state index is 12.0. The standard InChI is InChI=1S/C11H16F3N3O2/c1-3-15-9-8(18-2)10(17-7-16-9)19-6-4-5-11(12,13)14/h7H,3-6H2,1-2H3,(H,15,16,17). The summed E-state index contributed by atoms with van der Waals surface area (Å²) in [5, 5.41) is 2.95. The van der Waals surface area contributed by atoms with Crippen LogP contribution in [0.5, 0.6) is 11.6 Å². The number of hydrogen-bond donors (Lipinski definition) is 1. The monoisotopic (exact) mass is 279 g/mol. The average molecular weight is 279 g/mol. The van der Waals surface area contributed by atoms with Crippen molar-refractivity contribution in [3.8, 4) is 11.6 Å². The van der Waals surface area contributed by atoms with Crippen LogP contribution in [-0.4, -0.2) is 36.4 Å². The second kappa shape index (κ2) is 7.01. The highest BCUT2D eigenvalue weighted by atomic mass is 19.4. The first-order chi connectivity index (χ1) is 8.98. The number of hydrogen-bond acceptors (Lipinski definition) is 5. The first kappa shape index (κ1) is 15.3. The molecule has 0 spiro atoms. The molecule has 0 aliphatic carbocycles. The molecule has 1 N–H and O–H groups in total. The van der Waals surface area contributed by atoms with Crippen molar-refractivity contribution in [2.75, 3.05) is 25.6 Å². The molecule has 8 heteroatoms. The van der Waals surface area contributed by atoms with Crippen LogP contribution in [0.4, 0.5) is 19.0 Å². The lowest BCUT2D eigenvalue weighted by molar-refractivity contribution is -0.136. The van der Waals surface area contributed by atoms with E-state index < -0.39 is 12.6 Å². The molecule has 0 aromatic carbocycles. The quantitative estimate of drug-likeness (QED) is 0.778. The van der Waals surface area contributed by atoms with Gasteiger partial charge in [-0.3, -0.25) is 0 Å². The molecule has 1 aromatic rings. The number of methoxy groups -OCH3 is 1. The number of rotatable bonds is 7. The van der Waals surface area contributed by atoms with Crippen LogP contribution in [-0.2, 0) is 0 Å². The summed E-state index contributed by atoms with van der Waals surface area (Å²) in [6.07, 6.45) is -3.93.